The van der Waals surface area contributed by atoms with E-state index in [9.17, 15) is 15.0 Å². The molecule has 1 aromatic rings. The number of cyclic esters (lactones) is 1. The Kier molecular flexibility index (Phi) is 10.5. The summed E-state index contributed by atoms with van der Waals surface area (Å²) in [4.78, 5) is 17.4. The van der Waals surface area contributed by atoms with E-state index < -0.39 is 29.7 Å². The fraction of sp³-hybridized carbons (Fsp3) is 0.714. The summed E-state index contributed by atoms with van der Waals surface area (Å²) in [7, 11) is 0. The minimum Gasteiger partial charge on any atom is -0.457 e. The predicted octanol–water partition coefficient (Wildman–Crippen LogP) is 6.33. The molecule has 1 unspecified atom stereocenters. The standard InChI is InChI=1S/C28H45NO4S/c1-17-10-9-11-18(2)20(4)21(5)27(32)28(7,8)25(30)15-26(31)33-24(13-12-17)19(3)14-23-16-34-22(6)29-23/h12,14,16,18,20-21,24-25,27,30,32H,9-11,13,15H2,1-8H3/b17-12-,19-14+/t18-,20-,21+,24-,25?,27+/m0/s1. The third-order valence-electron chi connectivity index (χ3n) is 7.91. The molecule has 0 aliphatic carbocycles. The molecule has 0 aromatic carbocycles. The van der Waals surface area contributed by atoms with Crippen molar-refractivity contribution in [3.05, 3.63) is 33.3 Å². The Morgan fingerprint density at radius 1 is 1.21 bits per heavy atom. The quantitative estimate of drug-likeness (QED) is 0.373. The zero-order valence-corrected chi connectivity index (χ0v) is 23.1. The average Bonchev–Trinajstić information content (AvgIpc) is 3.18. The van der Waals surface area contributed by atoms with Gasteiger partial charge in [-0.25, -0.2) is 4.98 Å². The smallest absolute Gasteiger partial charge is 0.309 e. The number of nitrogens with zero attached hydrogens (tertiary/aromatic N) is 1. The lowest BCUT2D eigenvalue weighted by atomic mass is 9.69. The first-order valence-electron chi connectivity index (χ1n) is 12.6. The molecule has 0 amide bonds. The van der Waals surface area contributed by atoms with Crippen LogP contribution in [0.3, 0.4) is 0 Å². The summed E-state index contributed by atoms with van der Waals surface area (Å²) >= 11 is 1.59. The summed E-state index contributed by atoms with van der Waals surface area (Å²) in [5, 5.41) is 25.1. The first kappa shape index (κ1) is 28.7. The van der Waals surface area contributed by atoms with E-state index in [0.717, 1.165) is 35.5 Å². The van der Waals surface area contributed by atoms with Crippen LogP contribution >= 0.6 is 11.3 Å². The van der Waals surface area contributed by atoms with E-state index >= 15 is 0 Å². The number of aryl methyl sites for hydroxylation is 1. The van der Waals surface area contributed by atoms with Crippen LogP contribution in [-0.4, -0.2) is 39.5 Å². The van der Waals surface area contributed by atoms with Gasteiger partial charge in [0, 0.05) is 17.2 Å². The van der Waals surface area contributed by atoms with Crippen LogP contribution < -0.4 is 0 Å². The largest absolute Gasteiger partial charge is 0.457 e. The Hall–Kier alpha value is -1.50. The number of hydrogen-bond donors (Lipinski definition) is 2. The minimum atomic E-state index is -1.00. The van der Waals surface area contributed by atoms with E-state index in [0.29, 0.717) is 18.3 Å². The number of aromatic nitrogens is 1. The molecule has 0 saturated heterocycles. The highest BCUT2D eigenvalue weighted by Crippen LogP contribution is 2.38. The van der Waals surface area contributed by atoms with E-state index in [-0.39, 0.29) is 12.3 Å². The Balaban J connectivity index is 2.32. The fourth-order valence-electron chi connectivity index (χ4n) is 4.78. The molecule has 1 aliphatic rings. The topological polar surface area (TPSA) is 79.7 Å². The maximum atomic E-state index is 12.9. The third-order valence-corrected chi connectivity index (χ3v) is 8.70. The molecule has 0 fully saturated rings. The lowest BCUT2D eigenvalue weighted by Gasteiger charge is -2.41. The van der Waals surface area contributed by atoms with E-state index in [4.69, 9.17) is 4.74 Å². The molecule has 5 nitrogen and oxygen atoms in total. The van der Waals surface area contributed by atoms with Gasteiger partial charge in [0.2, 0.25) is 0 Å². The number of allylic oxidation sites excluding steroid dienone is 1. The first-order chi connectivity index (χ1) is 15.8. The number of aliphatic hydroxyl groups excluding tert-OH is 2. The van der Waals surface area contributed by atoms with E-state index in [2.05, 4.69) is 38.8 Å². The molecule has 2 rings (SSSR count). The molecule has 0 bridgehead atoms. The van der Waals surface area contributed by atoms with Gasteiger partial charge in [0.1, 0.15) is 6.10 Å². The number of rotatable bonds is 2. The molecule has 0 spiro atoms. The number of carbonyl (C=O) groups excluding carboxylic acids is 1. The van der Waals surface area contributed by atoms with Crippen molar-refractivity contribution < 1.29 is 19.7 Å². The van der Waals surface area contributed by atoms with Gasteiger partial charge < -0.3 is 14.9 Å². The molecule has 0 radical (unpaired) electrons. The zero-order valence-electron chi connectivity index (χ0n) is 22.3. The van der Waals surface area contributed by atoms with Gasteiger partial charge in [0.25, 0.3) is 0 Å². The highest BCUT2D eigenvalue weighted by Gasteiger charge is 2.41. The second kappa shape index (κ2) is 12.5. The van der Waals surface area contributed by atoms with Crippen LogP contribution in [0.2, 0.25) is 0 Å². The van der Waals surface area contributed by atoms with Crippen LogP contribution in [0.4, 0.5) is 0 Å². The van der Waals surface area contributed by atoms with Crippen molar-refractivity contribution in [2.75, 3.05) is 0 Å². The summed E-state index contributed by atoms with van der Waals surface area (Å²) in [5.74, 6) is 0.312. The molecular weight excluding hydrogens is 446 g/mol. The van der Waals surface area contributed by atoms with Gasteiger partial charge in [-0.05, 0) is 63.0 Å². The Morgan fingerprint density at radius 3 is 2.50 bits per heavy atom. The molecule has 34 heavy (non-hydrogen) atoms. The molecule has 6 heteroatoms. The molecular formula is C28H45NO4S. The first-order valence-corrected chi connectivity index (χ1v) is 13.5. The van der Waals surface area contributed by atoms with Gasteiger partial charge in [-0.3, -0.25) is 4.79 Å². The van der Waals surface area contributed by atoms with Crippen molar-refractivity contribution in [2.24, 2.45) is 23.2 Å². The molecule has 1 aromatic heterocycles. The van der Waals surface area contributed by atoms with Gasteiger partial charge in [-0.2, -0.15) is 0 Å². The second-order valence-corrected chi connectivity index (χ2v) is 12.1. The highest BCUT2D eigenvalue weighted by molar-refractivity contribution is 7.09. The molecule has 6 atom stereocenters. The zero-order chi connectivity index (χ0) is 25.6. The Labute approximate surface area is 210 Å². The number of esters is 1. The summed E-state index contributed by atoms with van der Waals surface area (Å²) in [6.07, 6.45) is 5.61. The van der Waals surface area contributed by atoms with Crippen LogP contribution in [-0.2, 0) is 9.53 Å². The Bertz CT molecular complexity index is 872. The van der Waals surface area contributed by atoms with Gasteiger partial charge in [0.05, 0.1) is 29.3 Å². The van der Waals surface area contributed by atoms with E-state index in [1.807, 2.05) is 39.2 Å². The maximum absolute atomic E-state index is 12.9. The lowest BCUT2D eigenvalue weighted by Crippen LogP contribution is -2.47. The molecule has 2 heterocycles. The maximum Gasteiger partial charge on any atom is 0.309 e. The summed E-state index contributed by atoms with van der Waals surface area (Å²) < 4.78 is 5.89. The SMILES string of the molecule is C/C1=C/C[C@@H](/C(C)=C/c2csc(C)n2)OC(=O)CC(O)C(C)(C)[C@H](O)[C@H](C)[C@@H](C)[C@@H](C)CCC1. The highest BCUT2D eigenvalue weighted by atomic mass is 32.1. The minimum absolute atomic E-state index is 0.000269. The monoisotopic (exact) mass is 491 g/mol. The van der Waals surface area contributed by atoms with E-state index in [1.165, 1.54) is 5.57 Å². The number of thiazole rings is 1. The van der Waals surface area contributed by atoms with Crippen LogP contribution in [0.25, 0.3) is 6.08 Å². The van der Waals surface area contributed by atoms with Crippen molar-refractivity contribution >= 4 is 23.4 Å². The van der Waals surface area contributed by atoms with Gasteiger partial charge in [0.15, 0.2) is 0 Å². The second-order valence-electron chi connectivity index (χ2n) is 11.0. The van der Waals surface area contributed by atoms with Crippen LogP contribution in [0, 0.1) is 30.1 Å². The predicted molar refractivity (Wildman–Crippen MR) is 141 cm³/mol. The van der Waals surface area contributed by atoms with Gasteiger partial charge >= 0.3 is 5.97 Å². The summed E-state index contributed by atoms with van der Waals surface area (Å²) in [5.41, 5.74) is 2.25. The molecule has 2 N–H and O–H groups in total. The van der Waals surface area contributed by atoms with Crippen LogP contribution in [0.1, 0.15) is 91.3 Å². The van der Waals surface area contributed by atoms with Crippen molar-refractivity contribution in [3.63, 3.8) is 0 Å². The Morgan fingerprint density at radius 2 is 1.88 bits per heavy atom. The number of aliphatic hydroxyl groups is 2. The van der Waals surface area contributed by atoms with Crippen molar-refractivity contribution in [3.8, 4) is 0 Å². The fourth-order valence-corrected chi connectivity index (χ4v) is 5.35. The number of carbonyl (C=O) groups is 1. The average molecular weight is 492 g/mol. The van der Waals surface area contributed by atoms with Gasteiger partial charge in [-0.15, -0.1) is 11.3 Å². The summed E-state index contributed by atoms with van der Waals surface area (Å²) in [6, 6.07) is 0. The number of ether oxygens (including phenoxy) is 1. The van der Waals surface area contributed by atoms with Crippen LogP contribution in [0.15, 0.2) is 22.6 Å². The lowest BCUT2D eigenvalue weighted by molar-refractivity contribution is -0.154. The molecule has 1 aliphatic heterocycles. The summed E-state index contributed by atoms with van der Waals surface area (Å²) in [6.45, 7) is 16.2. The molecule has 192 valence electrons. The van der Waals surface area contributed by atoms with E-state index in [1.54, 1.807) is 11.3 Å². The van der Waals surface area contributed by atoms with Gasteiger partial charge in [-0.1, -0.05) is 52.7 Å². The van der Waals surface area contributed by atoms with Crippen molar-refractivity contribution in [2.45, 2.75) is 106 Å². The van der Waals surface area contributed by atoms with Crippen molar-refractivity contribution in [1.82, 2.24) is 4.98 Å². The third kappa shape index (κ3) is 7.76. The normalized spacial score (nSPS) is 34.2. The van der Waals surface area contributed by atoms with Crippen LogP contribution in [0.5, 0.6) is 0 Å². The molecule has 0 saturated carbocycles. The van der Waals surface area contributed by atoms with Crippen molar-refractivity contribution in [1.29, 1.82) is 0 Å². The number of hydrogen-bond acceptors (Lipinski definition) is 6.